The van der Waals surface area contributed by atoms with Gasteiger partial charge in [0.05, 0.1) is 24.3 Å². The third kappa shape index (κ3) is 4.81. The maximum atomic E-state index is 12.5. The number of nitrogens with one attached hydrogen (secondary N) is 2. The molecule has 2 bridgehead atoms. The average Bonchev–Trinajstić information content (AvgIpc) is 3.20. The van der Waals surface area contributed by atoms with E-state index in [9.17, 15) is 4.79 Å². The van der Waals surface area contributed by atoms with Gasteiger partial charge < -0.3 is 25.0 Å². The minimum absolute atomic E-state index is 0.133. The predicted octanol–water partition coefficient (Wildman–Crippen LogP) is 2.26. The Morgan fingerprint density at radius 1 is 1.27 bits per heavy atom. The van der Waals surface area contributed by atoms with Crippen molar-refractivity contribution < 1.29 is 14.3 Å². The Balaban J connectivity index is 1.51. The van der Waals surface area contributed by atoms with Gasteiger partial charge in [0.2, 0.25) is 0 Å². The molecule has 4 unspecified atom stereocenters. The third-order valence-electron chi connectivity index (χ3n) is 5.41. The van der Waals surface area contributed by atoms with Gasteiger partial charge in [-0.2, -0.15) is 0 Å². The lowest BCUT2D eigenvalue weighted by Gasteiger charge is -2.37. The van der Waals surface area contributed by atoms with E-state index in [0.717, 1.165) is 44.6 Å². The van der Waals surface area contributed by atoms with Crippen molar-refractivity contribution >= 4 is 12.1 Å². The maximum Gasteiger partial charge on any atom is 0.410 e. The van der Waals surface area contributed by atoms with E-state index in [2.05, 4.69) is 15.6 Å². The summed E-state index contributed by atoms with van der Waals surface area (Å²) in [5, 5.41) is 6.91. The SMILES string of the molecule is CN=C(NCC1CCCCN1C(=O)OC(C)(C)C)NC1CC2CCC1O2. The molecule has 4 atom stereocenters. The zero-order valence-corrected chi connectivity index (χ0v) is 16.6. The minimum atomic E-state index is -0.466. The Labute approximate surface area is 156 Å². The van der Waals surface area contributed by atoms with Crippen molar-refractivity contribution in [2.75, 3.05) is 20.1 Å². The number of rotatable bonds is 3. The average molecular weight is 367 g/mol. The van der Waals surface area contributed by atoms with Gasteiger partial charge in [0.15, 0.2) is 5.96 Å². The second-order valence-electron chi connectivity index (χ2n) is 8.64. The van der Waals surface area contributed by atoms with Gasteiger partial charge in [0.25, 0.3) is 0 Å². The molecular weight excluding hydrogens is 332 g/mol. The molecule has 7 heteroatoms. The monoisotopic (exact) mass is 366 g/mol. The lowest BCUT2D eigenvalue weighted by atomic mass is 9.96. The highest BCUT2D eigenvalue weighted by molar-refractivity contribution is 5.80. The number of carbonyl (C=O) groups excluding carboxylic acids is 1. The van der Waals surface area contributed by atoms with E-state index in [1.165, 1.54) is 6.42 Å². The molecule has 3 aliphatic rings. The second kappa shape index (κ2) is 8.03. The lowest BCUT2D eigenvalue weighted by molar-refractivity contribution is 0.0104. The van der Waals surface area contributed by atoms with Crippen molar-refractivity contribution in [1.82, 2.24) is 15.5 Å². The van der Waals surface area contributed by atoms with Gasteiger partial charge >= 0.3 is 6.09 Å². The molecule has 0 saturated carbocycles. The smallest absolute Gasteiger partial charge is 0.410 e. The van der Waals surface area contributed by atoms with Crippen molar-refractivity contribution in [2.45, 2.75) is 89.2 Å². The Bertz CT molecular complexity index is 531. The van der Waals surface area contributed by atoms with Crippen molar-refractivity contribution in [3.8, 4) is 0 Å². The number of hydrogen-bond acceptors (Lipinski definition) is 4. The van der Waals surface area contributed by atoms with Crippen molar-refractivity contribution in [1.29, 1.82) is 0 Å². The number of fused-ring (bicyclic) bond motifs is 2. The van der Waals surface area contributed by atoms with Gasteiger partial charge in [-0.1, -0.05) is 0 Å². The first-order chi connectivity index (χ1) is 12.4. The molecule has 2 N–H and O–H groups in total. The summed E-state index contributed by atoms with van der Waals surface area (Å²) in [6.45, 7) is 7.16. The molecule has 3 heterocycles. The van der Waals surface area contributed by atoms with Crippen LogP contribution in [0.4, 0.5) is 4.79 Å². The van der Waals surface area contributed by atoms with Gasteiger partial charge in [-0.15, -0.1) is 0 Å². The summed E-state index contributed by atoms with van der Waals surface area (Å²) in [5.74, 6) is 0.792. The summed E-state index contributed by atoms with van der Waals surface area (Å²) < 4.78 is 11.5. The first-order valence-electron chi connectivity index (χ1n) is 9.98. The first-order valence-corrected chi connectivity index (χ1v) is 9.98. The number of carbonyl (C=O) groups is 1. The van der Waals surface area contributed by atoms with Crippen molar-refractivity contribution in [2.24, 2.45) is 4.99 Å². The van der Waals surface area contributed by atoms with E-state index in [0.29, 0.717) is 24.8 Å². The van der Waals surface area contributed by atoms with Crippen LogP contribution in [0.2, 0.25) is 0 Å². The van der Waals surface area contributed by atoms with Crippen LogP contribution in [0.3, 0.4) is 0 Å². The van der Waals surface area contributed by atoms with Crippen molar-refractivity contribution in [3.05, 3.63) is 0 Å². The van der Waals surface area contributed by atoms with E-state index >= 15 is 0 Å². The molecule has 26 heavy (non-hydrogen) atoms. The molecule has 3 aliphatic heterocycles. The number of ether oxygens (including phenoxy) is 2. The standard InChI is InChI=1S/C19H34N4O3/c1-19(2,3)26-18(24)23-10-6-5-7-13(23)12-21-17(20-4)22-15-11-14-8-9-16(15)25-14/h13-16H,5-12H2,1-4H3,(H2,20,21,22). The van der Waals surface area contributed by atoms with Gasteiger partial charge in [-0.05, 0) is 59.3 Å². The highest BCUT2D eigenvalue weighted by Crippen LogP contribution is 2.34. The topological polar surface area (TPSA) is 75.2 Å². The number of guanidine groups is 1. The largest absolute Gasteiger partial charge is 0.444 e. The third-order valence-corrected chi connectivity index (χ3v) is 5.41. The summed E-state index contributed by atoms with van der Waals surface area (Å²) in [6.07, 6.45) is 7.04. The van der Waals surface area contributed by atoms with Crippen LogP contribution < -0.4 is 10.6 Å². The van der Waals surface area contributed by atoms with Crippen LogP contribution in [-0.4, -0.2) is 67.0 Å². The zero-order valence-electron chi connectivity index (χ0n) is 16.6. The second-order valence-corrected chi connectivity index (χ2v) is 8.64. The molecule has 0 aromatic carbocycles. The van der Waals surface area contributed by atoms with E-state index < -0.39 is 5.60 Å². The Hall–Kier alpha value is -1.50. The van der Waals surface area contributed by atoms with Crippen LogP contribution in [0.25, 0.3) is 0 Å². The van der Waals surface area contributed by atoms with E-state index in [1.807, 2.05) is 25.7 Å². The molecule has 148 valence electrons. The number of aliphatic imine (C=N–C) groups is 1. The van der Waals surface area contributed by atoms with Gasteiger partial charge in [0, 0.05) is 20.1 Å². The lowest BCUT2D eigenvalue weighted by Crippen LogP contribution is -2.54. The van der Waals surface area contributed by atoms with Crippen LogP contribution in [0.1, 0.15) is 59.3 Å². The molecule has 0 aliphatic carbocycles. The molecule has 1 amide bonds. The van der Waals surface area contributed by atoms with E-state index in [-0.39, 0.29) is 12.1 Å². The molecule has 3 rings (SSSR count). The van der Waals surface area contributed by atoms with Crippen molar-refractivity contribution in [3.63, 3.8) is 0 Å². The van der Waals surface area contributed by atoms with Crippen LogP contribution in [-0.2, 0) is 9.47 Å². The Morgan fingerprint density at radius 2 is 2.08 bits per heavy atom. The molecule has 0 aromatic rings. The number of amides is 1. The highest BCUT2D eigenvalue weighted by atomic mass is 16.6. The number of likely N-dealkylation sites (tertiary alicyclic amines) is 1. The fourth-order valence-corrected chi connectivity index (χ4v) is 4.15. The number of piperidine rings is 1. The number of nitrogens with zero attached hydrogens (tertiary/aromatic N) is 2. The summed E-state index contributed by atoms with van der Waals surface area (Å²) in [7, 11) is 1.79. The van der Waals surface area contributed by atoms with Gasteiger partial charge in [0.1, 0.15) is 5.60 Å². The van der Waals surface area contributed by atoms with Gasteiger partial charge in [-0.3, -0.25) is 4.99 Å². The van der Waals surface area contributed by atoms with Crippen LogP contribution >= 0.6 is 0 Å². The number of hydrogen-bond donors (Lipinski definition) is 2. The fourth-order valence-electron chi connectivity index (χ4n) is 4.15. The predicted molar refractivity (Wildman–Crippen MR) is 101 cm³/mol. The quantitative estimate of drug-likeness (QED) is 0.592. The van der Waals surface area contributed by atoms with Gasteiger partial charge in [-0.25, -0.2) is 4.79 Å². The Morgan fingerprint density at radius 3 is 2.69 bits per heavy atom. The van der Waals surface area contributed by atoms with E-state index in [4.69, 9.17) is 9.47 Å². The van der Waals surface area contributed by atoms with Crippen LogP contribution in [0.5, 0.6) is 0 Å². The maximum absolute atomic E-state index is 12.5. The molecule has 0 aromatic heterocycles. The first kappa shape index (κ1) is 19.3. The normalized spacial score (nSPS) is 31.8. The van der Waals surface area contributed by atoms with Crippen LogP contribution in [0.15, 0.2) is 4.99 Å². The summed E-state index contributed by atoms with van der Waals surface area (Å²) in [4.78, 5) is 18.7. The van der Waals surface area contributed by atoms with E-state index in [1.54, 1.807) is 7.05 Å². The molecular formula is C19H34N4O3. The highest BCUT2D eigenvalue weighted by Gasteiger charge is 2.41. The molecule has 3 fully saturated rings. The molecule has 7 nitrogen and oxygen atoms in total. The zero-order chi connectivity index (χ0) is 18.7. The van der Waals surface area contributed by atoms with Crippen LogP contribution in [0, 0.1) is 0 Å². The molecule has 0 spiro atoms. The summed E-state index contributed by atoms with van der Waals surface area (Å²) in [5.41, 5.74) is -0.466. The fraction of sp³-hybridized carbons (Fsp3) is 0.895. The Kier molecular flexibility index (Phi) is 5.95. The summed E-state index contributed by atoms with van der Waals surface area (Å²) in [6, 6.07) is 0.474. The minimum Gasteiger partial charge on any atom is -0.444 e. The molecule has 0 radical (unpaired) electrons. The summed E-state index contributed by atoms with van der Waals surface area (Å²) >= 11 is 0. The molecule has 3 saturated heterocycles.